The van der Waals surface area contributed by atoms with Crippen LogP contribution >= 0.6 is 0 Å². The van der Waals surface area contributed by atoms with Gasteiger partial charge in [-0.25, -0.2) is 0 Å². The number of allylic oxidation sites excluding steroid dienone is 1. The van der Waals surface area contributed by atoms with E-state index in [9.17, 15) is 5.11 Å². The molecule has 0 bridgehead atoms. The monoisotopic (exact) mass is 182 g/mol. The van der Waals surface area contributed by atoms with Crippen molar-refractivity contribution in [3.8, 4) is 11.5 Å². The van der Waals surface area contributed by atoms with Gasteiger partial charge in [0.15, 0.2) is 0 Å². The van der Waals surface area contributed by atoms with E-state index < -0.39 is 14.2 Å². The summed E-state index contributed by atoms with van der Waals surface area (Å²) in [5.74, 6) is 2.88. The Kier molecular flexibility index (Phi) is 4.95. The van der Waals surface area contributed by atoms with E-state index in [1.807, 2.05) is 0 Å². The van der Waals surface area contributed by atoms with E-state index in [2.05, 4.69) is 37.7 Å². The molecule has 0 rings (SSSR count). The Morgan fingerprint density at radius 1 is 1.50 bits per heavy atom. The molecule has 12 heavy (non-hydrogen) atoms. The first-order valence-electron chi connectivity index (χ1n) is 4.27. The van der Waals surface area contributed by atoms with Gasteiger partial charge in [-0.1, -0.05) is 31.6 Å². The van der Waals surface area contributed by atoms with Gasteiger partial charge in [-0.2, -0.15) is 0 Å². The molecular formula is C10H18OSi. The maximum Gasteiger partial charge on any atom is 0.129 e. The minimum absolute atomic E-state index is 0.463. The fraction of sp³-hybridized carbons (Fsp3) is 0.600. The van der Waals surface area contributed by atoms with Gasteiger partial charge in [-0.15, -0.1) is 12.1 Å². The van der Waals surface area contributed by atoms with Gasteiger partial charge in [0.05, 0.1) is 0 Å². The molecule has 1 atom stereocenters. The number of hydrogen-bond acceptors (Lipinski definition) is 1. The average Bonchev–Trinajstić information content (AvgIpc) is 1.95. The fourth-order valence-corrected chi connectivity index (χ4v) is 1.25. The van der Waals surface area contributed by atoms with E-state index >= 15 is 0 Å². The number of hydrogen-bond donors (Lipinski definition) is 1. The van der Waals surface area contributed by atoms with Crippen LogP contribution in [0, 0.1) is 11.5 Å². The quantitative estimate of drug-likeness (QED) is 0.403. The van der Waals surface area contributed by atoms with E-state index in [0.29, 0.717) is 6.42 Å². The Morgan fingerprint density at radius 3 is 2.50 bits per heavy atom. The van der Waals surface area contributed by atoms with Crippen molar-refractivity contribution in [1.29, 1.82) is 0 Å². The maximum atomic E-state index is 9.34. The second-order valence-corrected chi connectivity index (χ2v) is 8.65. The van der Waals surface area contributed by atoms with Crippen LogP contribution < -0.4 is 0 Å². The molecule has 0 aliphatic rings. The van der Waals surface area contributed by atoms with Gasteiger partial charge in [-0.3, -0.25) is 0 Å². The standard InChI is InChI=1S/C10H18OSi/c1-5-6-7-10(11)8-9-12(2,3)4/h5,10-11H,1,6-7H2,2-4H3/t10-/m0/s1. The van der Waals surface area contributed by atoms with Gasteiger partial charge in [0.1, 0.15) is 14.2 Å². The molecule has 0 saturated carbocycles. The maximum absolute atomic E-state index is 9.34. The topological polar surface area (TPSA) is 20.2 Å². The SMILES string of the molecule is C=CCC[C@H](O)C#C[Si](C)(C)C. The van der Waals surface area contributed by atoms with Crippen LogP contribution in [-0.2, 0) is 0 Å². The Hall–Kier alpha value is -0.523. The summed E-state index contributed by atoms with van der Waals surface area (Å²) in [6.45, 7) is 10.1. The molecule has 0 unspecified atom stereocenters. The lowest BCUT2D eigenvalue weighted by Crippen LogP contribution is -2.17. The summed E-state index contributed by atoms with van der Waals surface area (Å²) in [6, 6.07) is 0. The summed E-state index contributed by atoms with van der Waals surface area (Å²) in [5, 5.41) is 9.34. The molecule has 0 aromatic rings. The molecule has 0 amide bonds. The molecule has 0 saturated heterocycles. The predicted octanol–water partition coefficient (Wildman–Crippen LogP) is 2.19. The first-order valence-corrected chi connectivity index (χ1v) is 7.77. The fourth-order valence-electron chi connectivity index (χ4n) is 0.648. The number of aliphatic hydroxyl groups is 1. The molecule has 0 aromatic heterocycles. The van der Waals surface area contributed by atoms with E-state index in [1.54, 1.807) is 6.08 Å². The summed E-state index contributed by atoms with van der Waals surface area (Å²) in [4.78, 5) is 0. The van der Waals surface area contributed by atoms with Gasteiger partial charge >= 0.3 is 0 Å². The van der Waals surface area contributed by atoms with Crippen LogP contribution in [0.25, 0.3) is 0 Å². The molecule has 0 aliphatic heterocycles. The second-order valence-electron chi connectivity index (χ2n) is 3.90. The Morgan fingerprint density at radius 2 is 2.08 bits per heavy atom. The minimum atomic E-state index is -1.31. The normalized spacial score (nSPS) is 13.0. The van der Waals surface area contributed by atoms with Crippen molar-refractivity contribution in [2.45, 2.75) is 38.6 Å². The molecule has 1 N–H and O–H groups in total. The summed E-state index contributed by atoms with van der Waals surface area (Å²) in [7, 11) is -1.31. The zero-order valence-electron chi connectivity index (χ0n) is 8.22. The van der Waals surface area contributed by atoms with Gasteiger partial charge in [0, 0.05) is 0 Å². The largest absolute Gasteiger partial charge is 0.380 e. The zero-order chi connectivity index (χ0) is 9.61. The van der Waals surface area contributed by atoms with Gasteiger partial charge in [0.25, 0.3) is 0 Å². The first kappa shape index (κ1) is 11.5. The predicted molar refractivity (Wildman–Crippen MR) is 56.6 cm³/mol. The van der Waals surface area contributed by atoms with Crippen LogP contribution in [0.4, 0.5) is 0 Å². The zero-order valence-corrected chi connectivity index (χ0v) is 9.22. The number of rotatable bonds is 3. The highest BCUT2D eigenvalue weighted by atomic mass is 28.3. The molecule has 0 fully saturated rings. The molecule has 0 heterocycles. The molecule has 1 nitrogen and oxygen atoms in total. The molecular weight excluding hydrogens is 164 g/mol. The van der Waals surface area contributed by atoms with Gasteiger partial charge in [0.2, 0.25) is 0 Å². The Labute approximate surface area is 76.5 Å². The lowest BCUT2D eigenvalue weighted by atomic mass is 10.2. The van der Waals surface area contributed by atoms with Crippen LogP contribution in [0.3, 0.4) is 0 Å². The van der Waals surface area contributed by atoms with E-state index in [-0.39, 0.29) is 0 Å². The highest BCUT2D eigenvalue weighted by Crippen LogP contribution is 1.99. The molecule has 0 radical (unpaired) electrons. The van der Waals surface area contributed by atoms with Crippen LogP contribution in [0.5, 0.6) is 0 Å². The average molecular weight is 182 g/mol. The smallest absolute Gasteiger partial charge is 0.129 e. The lowest BCUT2D eigenvalue weighted by molar-refractivity contribution is 0.223. The van der Waals surface area contributed by atoms with Crippen LogP contribution in [0.2, 0.25) is 19.6 Å². The first-order chi connectivity index (χ1) is 5.45. The minimum Gasteiger partial charge on any atom is -0.380 e. The highest BCUT2D eigenvalue weighted by molar-refractivity contribution is 6.83. The summed E-state index contributed by atoms with van der Waals surface area (Å²) in [6.07, 6.45) is 2.89. The summed E-state index contributed by atoms with van der Waals surface area (Å²) >= 11 is 0. The van der Waals surface area contributed by atoms with E-state index in [1.165, 1.54) is 0 Å². The molecule has 68 valence electrons. The Balaban J connectivity index is 3.86. The number of aliphatic hydroxyl groups excluding tert-OH is 1. The van der Waals surface area contributed by atoms with Gasteiger partial charge in [-0.05, 0) is 12.8 Å². The second kappa shape index (κ2) is 5.18. The van der Waals surface area contributed by atoms with Crippen molar-refractivity contribution in [2.24, 2.45) is 0 Å². The molecule has 0 aromatic carbocycles. The molecule has 2 heteroatoms. The van der Waals surface area contributed by atoms with E-state index in [0.717, 1.165) is 6.42 Å². The van der Waals surface area contributed by atoms with Crippen molar-refractivity contribution >= 4 is 8.07 Å². The summed E-state index contributed by atoms with van der Waals surface area (Å²) < 4.78 is 0. The molecule has 0 spiro atoms. The van der Waals surface area contributed by atoms with Crippen molar-refractivity contribution in [2.75, 3.05) is 0 Å². The van der Waals surface area contributed by atoms with Crippen LogP contribution in [0.1, 0.15) is 12.8 Å². The third-order valence-electron chi connectivity index (χ3n) is 1.26. The van der Waals surface area contributed by atoms with Crippen molar-refractivity contribution in [3.05, 3.63) is 12.7 Å². The van der Waals surface area contributed by atoms with Crippen molar-refractivity contribution < 1.29 is 5.11 Å². The third kappa shape index (κ3) is 7.58. The van der Waals surface area contributed by atoms with Gasteiger partial charge < -0.3 is 5.11 Å². The van der Waals surface area contributed by atoms with Crippen molar-refractivity contribution in [1.82, 2.24) is 0 Å². The molecule has 0 aliphatic carbocycles. The van der Waals surface area contributed by atoms with Crippen LogP contribution in [-0.4, -0.2) is 19.3 Å². The Bertz CT molecular complexity index is 192. The highest BCUT2D eigenvalue weighted by Gasteiger charge is 2.08. The van der Waals surface area contributed by atoms with Crippen LogP contribution in [0.15, 0.2) is 12.7 Å². The summed E-state index contributed by atoms with van der Waals surface area (Å²) in [5.41, 5.74) is 3.14. The lowest BCUT2D eigenvalue weighted by Gasteiger charge is -2.05. The third-order valence-corrected chi connectivity index (χ3v) is 2.15. The van der Waals surface area contributed by atoms with E-state index in [4.69, 9.17) is 0 Å². The van der Waals surface area contributed by atoms with Crippen molar-refractivity contribution in [3.63, 3.8) is 0 Å².